The first kappa shape index (κ1) is 21.0. The molecule has 0 aliphatic rings. The number of hydrogen-bond donors (Lipinski definition) is 1. The molecule has 2 aromatic carbocycles. The molecule has 154 valence electrons. The van der Waals surface area contributed by atoms with E-state index in [2.05, 4.69) is 17.6 Å². The van der Waals surface area contributed by atoms with Crippen LogP contribution in [-0.4, -0.2) is 33.4 Å². The summed E-state index contributed by atoms with van der Waals surface area (Å²) in [6.07, 6.45) is 0. The van der Waals surface area contributed by atoms with E-state index in [0.29, 0.717) is 18.0 Å². The molecule has 1 heterocycles. The molecule has 0 spiro atoms. The highest BCUT2D eigenvalue weighted by Crippen LogP contribution is 2.34. The van der Waals surface area contributed by atoms with Crippen molar-refractivity contribution in [2.45, 2.75) is 19.5 Å². The lowest BCUT2D eigenvalue weighted by Crippen LogP contribution is -2.19. The lowest BCUT2D eigenvalue weighted by atomic mass is 10.1. The van der Waals surface area contributed by atoms with Crippen LogP contribution in [0.25, 0.3) is 10.6 Å². The van der Waals surface area contributed by atoms with Crippen molar-refractivity contribution in [3.8, 4) is 33.6 Å². The second-order valence-electron chi connectivity index (χ2n) is 6.42. The minimum Gasteiger partial charge on any atom is -0.497 e. The van der Waals surface area contributed by atoms with Gasteiger partial charge in [0.15, 0.2) is 11.5 Å². The molecular formula is C22H26N2O4S. The number of hydrogen-bond acceptors (Lipinski definition) is 7. The molecule has 0 saturated heterocycles. The number of rotatable bonds is 9. The average Bonchev–Trinajstić information content (AvgIpc) is 3.25. The fourth-order valence-electron chi connectivity index (χ4n) is 3.04. The largest absolute Gasteiger partial charge is 0.497 e. The van der Waals surface area contributed by atoms with Crippen LogP contribution in [0.4, 0.5) is 0 Å². The monoisotopic (exact) mass is 414 g/mol. The van der Waals surface area contributed by atoms with E-state index < -0.39 is 0 Å². The normalized spacial score (nSPS) is 11.8. The first-order chi connectivity index (χ1) is 14.1. The highest BCUT2D eigenvalue weighted by molar-refractivity contribution is 7.13. The van der Waals surface area contributed by atoms with Gasteiger partial charge in [-0.15, -0.1) is 11.3 Å². The van der Waals surface area contributed by atoms with Crippen molar-refractivity contribution < 1.29 is 18.9 Å². The number of thiazole rings is 1. The van der Waals surface area contributed by atoms with Crippen molar-refractivity contribution in [2.75, 3.05) is 28.4 Å². The Kier molecular flexibility index (Phi) is 6.95. The second-order valence-corrected chi connectivity index (χ2v) is 7.28. The summed E-state index contributed by atoms with van der Waals surface area (Å²) in [5.74, 6) is 3.03. The van der Waals surface area contributed by atoms with Crippen LogP contribution in [0.1, 0.15) is 24.2 Å². The molecule has 0 amide bonds. The van der Waals surface area contributed by atoms with Crippen molar-refractivity contribution >= 4 is 11.3 Å². The van der Waals surface area contributed by atoms with Gasteiger partial charge in [-0.2, -0.15) is 0 Å². The Morgan fingerprint density at radius 1 is 0.897 bits per heavy atom. The third kappa shape index (κ3) is 4.81. The molecule has 0 radical (unpaired) electrons. The number of aromatic nitrogens is 1. The van der Waals surface area contributed by atoms with Gasteiger partial charge in [0.2, 0.25) is 0 Å². The Bertz CT molecular complexity index is 958. The fraction of sp³-hybridized carbons (Fsp3) is 0.318. The van der Waals surface area contributed by atoms with Crippen molar-refractivity contribution in [3.05, 3.63) is 53.0 Å². The Labute approximate surface area is 175 Å². The van der Waals surface area contributed by atoms with Crippen LogP contribution in [0.15, 0.2) is 41.8 Å². The van der Waals surface area contributed by atoms with E-state index >= 15 is 0 Å². The third-order valence-electron chi connectivity index (χ3n) is 4.67. The summed E-state index contributed by atoms with van der Waals surface area (Å²) in [5.41, 5.74) is 3.03. The Morgan fingerprint density at radius 2 is 1.62 bits per heavy atom. The maximum Gasteiger partial charge on any atom is 0.161 e. The Morgan fingerprint density at radius 3 is 2.31 bits per heavy atom. The zero-order chi connectivity index (χ0) is 20.8. The van der Waals surface area contributed by atoms with Crippen LogP contribution in [0.2, 0.25) is 0 Å². The lowest BCUT2D eigenvalue weighted by Gasteiger charge is -2.17. The van der Waals surface area contributed by atoms with E-state index in [1.165, 1.54) is 0 Å². The molecule has 0 aliphatic heterocycles. The molecule has 3 rings (SSSR count). The molecule has 6 nitrogen and oxygen atoms in total. The molecular weight excluding hydrogens is 388 g/mol. The third-order valence-corrected chi connectivity index (χ3v) is 5.62. The van der Waals surface area contributed by atoms with Gasteiger partial charge in [-0.25, -0.2) is 4.98 Å². The minimum absolute atomic E-state index is 0.0753. The average molecular weight is 415 g/mol. The van der Waals surface area contributed by atoms with Gasteiger partial charge in [-0.05, 0) is 43.3 Å². The van der Waals surface area contributed by atoms with E-state index in [0.717, 1.165) is 33.3 Å². The topological polar surface area (TPSA) is 61.8 Å². The summed E-state index contributed by atoms with van der Waals surface area (Å²) < 4.78 is 21.5. The molecule has 0 bridgehead atoms. The second kappa shape index (κ2) is 9.62. The molecule has 1 unspecified atom stereocenters. The molecule has 1 N–H and O–H groups in total. The standard InChI is InChI=1S/C22H26N2O4S/c1-14(18-11-17(25-2)7-9-19(18)26-3)23-12-16-13-29-22(24-16)15-6-8-20(27-4)21(10-15)28-5/h6-11,13-14,23H,12H2,1-5H3. The smallest absolute Gasteiger partial charge is 0.161 e. The molecule has 0 aliphatic carbocycles. The van der Waals surface area contributed by atoms with E-state index in [1.54, 1.807) is 39.8 Å². The molecule has 1 aromatic heterocycles. The van der Waals surface area contributed by atoms with Gasteiger partial charge < -0.3 is 24.3 Å². The van der Waals surface area contributed by atoms with Gasteiger partial charge >= 0.3 is 0 Å². The van der Waals surface area contributed by atoms with Crippen molar-refractivity contribution in [1.29, 1.82) is 0 Å². The zero-order valence-corrected chi connectivity index (χ0v) is 18.1. The van der Waals surface area contributed by atoms with Crippen molar-refractivity contribution in [2.24, 2.45) is 0 Å². The predicted octanol–water partition coefficient (Wildman–Crippen LogP) is 4.70. The molecule has 0 fully saturated rings. The van der Waals surface area contributed by atoms with E-state index in [1.807, 2.05) is 36.4 Å². The van der Waals surface area contributed by atoms with E-state index in [9.17, 15) is 0 Å². The highest BCUT2D eigenvalue weighted by Gasteiger charge is 2.14. The summed E-state index contributed by atoms with van der Waals surface area (Å²) in [7, 11) is 6.60. The van der Waals surface area contributed by atoms with Gasteiger partial charge in [-0.1, -0.05) is 0 Å². The SMILES string of the molecule is COc1ccc(OC)c(C(C)NCc2csc(-c3ccc(OC)c(OC)c3)n2)c1. The fourth-order valence-corrected chi connectivity index (χ4v) is 3.85. The molecule has 3 aromatic rings. The first-order valence-corrected chi connectivity index (χ1v) is 10.1. The van der Waals surface area contributed by atoms with Crippen molar-refractivity contribution in [1.82, 2.24) is 10.3 Å². The maximum atomic E-state index is 5.49. The first-order valence-electron chi connectivity index (χ1n) is 9.21. The van der Waals surface area contributed by atoms with Gasteiger partial charge in [-0.3, -0.25) is 0 Å². The van der Waals surface area contributed by atoms with Crippen LogP contribution >= 0.6 is 11.3 Å². The number of methoxy groups -OCH3 is 4. The van der Waals surface area contributed by atoms with Crippen LogP contribution in [0.3, 0.4) is 0 Å². The minimum atomic E-state index is 0.0753. The highest BCUT2D eigenvalue weighted by atomic mass is 32.1. The molecule has 7 heteroatoms. The van der Waals surface area contributed by atoms with Crippen LogP contribution in [0.5, 0.6) is 23.0 Å². The molecule has 29 heavy (non-hydrogen) atoms. The predicted molar refractivity (Wildman–Crippen MR) is 115 cm³/mol. The van der Waals surface area contributed by atoms with Gasteiger partial charge in [0, 0.05) is 29.1 Å². The Balaban J connectivity index is 1.71. The summed E-state index contributed by atoms with van der Waals surface area (Å²) in [5, 5.41) is 6.51. The van der Waals surface area contributed by atoms with Gasteiger partial charge in [0.25, 0.3) is 0 Å². The zero-order valence-electron chi connectivity index (χ0n) is 17.3. The van der Waals surface area contributed by atoms with Crippen LogP contribution < -0.4 is 24.3 Å². The number of benzene rings is 2. The quantitative estimate of drug-likeness (QED) is 0.548. The number of ether oxygens (including phenoxy) is 4. The van der Waals surface area contributed by atoms with E-state index in [-0.39, 0.29) is 6.04 Å². The van der Waals surface area contributed by atoms with E-state index in [4.69, 9.17) is 23.9 Å². The van der Waals surface area contributed by atoms with Crippen LogP contribution in [-0.2, 0) is 6.54 Å². The van der Waals surface area contributed by atoms with Crippen LogP contribution in [0, 0.1) is 0 Å². The number of nitrogens with zero attached hydrogens (tertiary/aromatic N) is 1. The number of nitrogens with one attached hydrogen (secondary N) is 1. The Hall–Kier alpha value is -2.77. The van der Waals surface area contributed by atoms with Gasteiger partial charge in [0.1, 0.15) is 16.5 Å². The summed E-state index contributed by atoms with van der Waals surface area (Å²) in [4.78, 5) is 4.76. The lowest BCUT2D eigenvalue weighted by molar-refractivity contribution is 0.355. The maximum absolute atomic E-state index is 5.49. The van der Waals surface area contributed by atoms with Gasteiger partial charge in [0.05, 0.1) is 34.1 Å². The summed E-state index contributed by atoms with van der Waals surface area (Å²) in [6.45, 7) is 2.74. The summed E-state index contributed by atoms with van der Waals surface area (Å²) >= 11 is 1.60. The molecule has 1 atom stereocenters. The van der Waals surface area contributed by atoms with Crippen molar-refractivity contribution in [3.63, 3.8) is 0 Å². The molecule has 0 saturated carbocycles. The summed E-state index contributed by atoms with van der Waals surface area (Å²) in [6, 6.07) is 11.7.